The quantitative estimate of drug-likeness (QED) is 0.848. The highest BCUT2D eigenvalue weighted by Crippen LogP contribution is 2.56. The van der Waals surface area contributed by atoms with Gasteiger partial charge in [-0.05, 0) is 12.5 Å². The molecule has 0 aliphatic carbocycles. The fourth-order valence-electron chi connectivity index (χ4n) is 2.89. The van der Waals surface area contributed by atoms with E-state index in [2.05, 4.69) is 55.1 Å². The van der Waals surface area contributed by atoms with E-state index < -0.39 is 0 Å². The minimum absolute atomic E-state index is 0.0559. The van der Waals surface area contributed by atoms with E-state index in [1.807, 2.05) is 10.7 Å². The first kappa shape index (κ1) is 12.4. The van der Waals surface area contributed by atoms with Crippen molar-refractivity contribution in [1.29, 1.82) is 0 Å². The van der Waals surface area contributed by atoms with Crippen molar-refractivity contribution in [2.75, 3.05) is 0 Å². The molecule has 1 aromatic heterocycles. The van der Waals surface area contributed by atoms with Gasteiger partial charge in [0.2, 0.25) is 0 Å². The van der Waals surface area contributed by atoms with Gasteiger partial charge in [0.25, 0.3) is 0 Å². The summed E-state index contributed by atoms with van der Waals surface area (Å²) >= 11 is 0. The van der Waals surface area contributed by atoms with E-state index in [4.69, 9.17) is 4.74 Å². The molecule has 19 heavy (non-hydrogen) atoms. The summed E-state index contributed by atoms with van der Waals surface area (Å²) in [6, 6.07) is 10.4. The standard InChI is InChI=1S/C15H19N3O/c1-12-14(2,3)15(19-12,9-18-11-16-10-17-18)13-7-5-4-6-8-13/h4-8,10-12H,9H2,1-3H3. The summed E-state index contributed by atoms with van der Waals surface area (Å²) in [6.07, 6.45) is 3.54. The molecule has 3 rings (SSSR count). The second-order valence-corrected chi connectivity index (χ2v) is 5.77. The second-order valence-electron chi connectivity index (χ2n) is 5.77. The van der Waals surface area contributed by atoms with Crippen molar-refractivity contribution in [2.45, 2.75) is 39.0 Å². The molecule has 0 N–H and O–H groups in total. The zero-order chi connectivity index (χ0) is 13.5. The molecule has 100 valence electrons. The van der Waals surface area contributed by atoms with Crippen LogP contribution in [0.2, 0.25) is 0 Å². The highest BCUT2D eigenvalue weighted by atomic mass is 16.5. The number of nitrogens with zero attached hydrogens (tertiary/aromatic N) is 3. The Morgan fingerprint density at radius 3 is 2.53 bits per heavy atom. The minimum atomic E-state index is -0.332. The summed E-state index contributed by atoms with van der Waals surface area (Å²) in [5.41, 5.74) is 0.926. The first-order valence-electron chi connectivity index (χ1n) is 6.62. The molecule has 0 radical (unpaired) electrons. The van der Waals surface area contributed by atoms with Crippen LogP contribution >= 0.6 is 0 Å². The molecular formula is C15H19N3O. The molecule has 2 aromatic rings. The summed E-state index contributed by atoms with van der Waals surface area (Å²) in [4.78, 5) is 4.02. The molecule has 1 aliphatic heterocycles. The lowest BCUT2D eigenvalue weighted by Gasteiger charge is -2.60. The van der Waals surface area contributed by atoms with Gasteiger partial charge in [0.1, 0.15) is 18.3 Å². The molecule has 1 saturated heterocycles. The average Bonchev–Trinajstić information content (AvgIpc) is 2.92. The smallest absolute Gasteiger partial charge is 0.137 e. The van der Waals surface area contributed by atoms with Crippen molar-refractivity contribution in [3.05, 3.63) is 48.5 Å². The fourth-order valence-corrected chi connectivity index (χ4v) is 2.89. The molecule has 0 spiro atoms. The van der Waals surface area contributed by atoms with Crippen LogP contribution in [-0.2, 0) is 16.9 Å². The first-order chi connectivity index (χ1) is 9.06. The molecule has 1 aromatic carbocycles. The maximum atomic E-state index is 6.21. The summed E-state index contributed by atoms with van der Waals surface area (Å²) in [5, 5.41) is 4.22. The molecule has 0 amide bonds. The Bertz CT molecular complexity index is 550. The molecule has 2 unspecified atom stereocenters. The van der Waals surface area contributed by atoms with Gasteiger partial charge in [-0.25, -0.2) is 9.67 Å². The summed E-state index contributed by atoms with van der Waals surface area (Å²) < 4.78 is 8.06. The number of aromatic nitrogens is 3. The Morgan fingerprint density at radius 2 is 2.00 bits per heavy atom. The predicted molar refractivity (Wildman–Crippen MR) is 72.5 cm³/mol. The Labute approximate surface area is 113 Å². The largest absolute Gasteiger partial charge is 0.364 e. The highest BCUT2D eigenvalue weighted by molar-refractivity contribution is 5.29. The Hall–Kier alpha value is -1.68. The van der Waals surface area contributed by atoms with Crippen molar-refractivity contribution in [3.8, 4) is 0 Å². The zero-order valence-electron chi connectivity index (χ0n) is 11.6. The van der Waals surface area contributed by atoms with E-state index >= 15 is 0 Å². The SMILES string of the molecule is CC1OC(Cn2cncn2)(c2ccccc2)C1(C)C. The average molecular weight is 257 g/mol. The van der Waals surface area contributed by atoms with Crippen molar-refractivity contribution >= 4 is 0 Å². The molecule has 4 nitrogen and oxygen atoms in total. The molecule has 2 atom stereocenters. The monoisotopic (exact) mass is 257 g/mol. The van der Waals surface area contributed by atoms with Gasteiger partial charge in [-0.1, -0.05) is 44.2 Å². The van der Waals surface area contributed by atoms with Gasteiger partial charge in [-0.2, -0.15) is 5.10 Å². The third-order valence-electron chi connectivity index (χ3n) is 4.53. The van der Waals surface area contributed by atoms with Gasteiger partial charge in [0.05, 0.1) is 12.6 Å². The van der Waals surface area contributed by atoms with Crippen LogP contribution in [0.4, 0.5) is 0 Å². The highest BCUT2D eigenvalue weighted by Gasteiger charge is 2.61. The van der Waals surface area contributed by atoms with Gasteiger partial charge >= 0.3 is 0 Å². The lowest BCUT2D eigenvalue weighted by molar-refractivity contribution is -0.316. The van der Waals surface area contributed by atoms with Crippen LogP contribution in [0.1, 0.15) is 26.3 Å². The lowest BCUT2D eigenvalue weighted by Crippen LogP contribution is -2.64. The van der Waals surface area contributed by atoms with Crippen LogP contribution in [0.15, 0.2) is 43.0 Å². The van der Waals surface area contributed by atoms with E-state index in [-0.39, 0.29) is 17.1 Å². The van der Waals surface area contributed by atoms with Gasteiger partial charge in [0.15, 0.2) is 0 Å². The Kier molecular flexibility index (Phi) is 2.71. The van der Waals surface area contributed by atoms with E-state index in [1.54, 1.807) is 12.7 Å². The molecule has 4 heteroatoms. The number of hydrogen-bond donors (Lipinski definition) is 0. The van der Waals surface area contributed by atoms with Crippen LogP contribution in [-0.4, -0.2) is 20.9 Å². The first-order valence-corrected chi connectivity index (χ1v) is 6.62. The minimum Gasteiger partial charge on any atom is -0.364 e. The van der Waals surface area contributed by atoms with Crippen LogP contribution in [0.3, 0.4) is 0 Å². The van der Waals surface area contributed by atoms with Crippen LogP contribution in [0.5, 0.6) is 0 Å². The fraction of sp³-hybridized carbons (Fsp3) is 0.467. The normalized spacial score (nSPS) is 28.9. The van der Waals surface area contributed by atoms with Crippen molar-refractivity contribution < 1.29 is 4.74 Å². The second kappa shape index (κ2) is 4.17. The van der Waals surface area contributed by atoms with Crippen molar-refractivity contribution in [1.82, 2.24) is 14.8 Å². The zero-order valence-corrected chi connectivity index (χ0v) is 11.6. The summed E-state index contributed by atoms with van der Waals surface area (Å²) in [6.45, 7) is 7.33. The van der Waals surface area contributed by atoms with Crippen molar-refractivity contribution in [3.63, 3.8) is 0 Å². The lowest BCUT2D eigenvalue weighted by atomic mass is 9.62. The van der Waals surface area contributed by atoms with Crippen molar-refractivity contribution in [2.24, 2.45) is 5.41 Å². The van der Waals surface area contributed by atoms with Gasteiger partial charge in [-0.15, -0.1) is 0 Å². The molecule has 0 saturated carbocycles. The third kappa shape index (κ3) is 1.70. The number of hydrogen-bond acceptors (Lipinski definition) is 3. The van der Waals surface area contributed by atoms with Crippen LogP contribution in [0.25, 0.3) is 0 Å². The van der Waals surface area contributed by atoms with E-state index in [0.717, 1.165) is 0 Å². The number of benzene rings is 1. The predicted octanol–water partition coefficient (Wildman–Crippen LogP) is 2.62. The molecule has 2 heterocycles. The van der Waals surface area contributed by atoms with Gasteiger partial charge in [0, 0.05) is 5.41 Å². The van der Waals surface area contributed by atoms with E-state index in [0.29, 0.717) is 6.54 Å². The summed E-state index contributed by atoms with van der Waals surface area (Å²) in [7, 11) is 0. The molecule has 0 bridgehead atoms. The van der Waals surface area contributed by atoms with Crippen LogP contribution < -0.4 is 0 Å². The maximum Gasteiger partial charge on any atom is 0.137 e. The Morgan fingerprint density at radius 1 is 1.26 bits per heavy atom. The summed E-state index contributed by atoms with van der Waals surface area (Å²) in [5.74, 6) is 0. The molecule has 1 fully saturated rings. The van der Waals surface area contributed by atoms with E-state index in [9.17, 15) is 0 Å². The third-order valence-corrected chi connectivity index (χ3v) is 4.53. The maximum absolute atomic E-state index is 6.21. The Balaban J connectivity index is 2.03. The molecule has 1 aliphatic rings. The topological polar surface area (TPSA) is 39.9 Å². The van der Waals surface area contributed by atoms with E-state index in [1.165, 1.54) is 5.56 Å². The number of rotatable bonds is 3. The molecular weight excluding hydrogens is 238 g/mol. The van der Waals surface area contributed by atoms with Crippen LogP contribution in [0, 0.1) is 5.41 Å². The van der Waals surface area contributed by atoms with Gasteiger partial charge in [-0.3, -0.25) is 0 Å². The van der Waals surface area contributed by atoms with Gasteiger partial charge < -0.3 is 4.74 Å². The number of ether oxygens (including phenoxy) is 1.